The maximum absolute atomic E-state index is 5.84. The number of fused-ring (bicyclic) bond motifs is 2. The Morgan fingerprint density at radius 1 is 0.963 bits per heavy atom. The largest absolute Gasteiger partial charge is 0.439 e. The molecule has 3 aromatic heterocycles. The number of hydrogen-bond donors (Lipinski definition) is 1. The van der Waals surface area contributed by atoms with Gasteiger partial charge in [-0.1, -0.05) is 24.3 Å². The van der Waals surface area contributed by atoms with Crippen molar-refractivity contribution in [3.05, 3.63) is 85.6 Å². The lowest BCUT2D eigenvalue weighted by atomic mass is 10.2. The lowest BCUT2D eigenvalue weighted by Crippen LogP contribution is -1.97. The molecular formula is C21H15N5O. The summed E-state index contributed by atoms with van der Waals surface area (Å²) in [5, 5.41) is 4.38. The molecule has 0 aliphatic carbocycles. The van der Waals surface area contributed by atoms with Crippen LogP contribution >= 0.6 is 0 Å². The van der Waals surface area contributed by atoms with Crippen molar-refractivity contribution in [3.63, 3.8) is 0 Å². The number of pyridine rings is 1. The number of benzene rings is 2. The molecule has 2 aromatic carbocycles. The first kappa shape index (κ1) is 15.3. The fourth-order valence-corrected chi connectivity index (χ4v) is 2.93. The van der Waals surface area contributed by atoms with E-state index in [-0.39, 0.29) is 0 Å². The highest BCUT2D eigenvalue weighted by Gasteiger charge is 2.06. The fourth-order valence-electron chi connectivity index (χ4n) is 2.93. The monoisotopic (exact) mass is 353 g/mol. The van der Waals surface area contributed by atoms with Crippen molar-refractivity contribution >= 4 is 27.9 Å². The van der Waals surface area contributed by atoms with Crippen molar-refractivity contribution in [2.45, 2.75) is 0 Å². The predicted octanol–water partition coefficient (Wildman–Crippen LogP) is 4.81. The number of nitrogens with zero attached hydrogens (tertiary/aromatic N) is 4. The third-order valence-corrected chi connectivity index (χ3v) is 4.23. The van der Waals surface area contributed by atoms with Crippen LogP contribution in [0.4, 0.5) is 11.5 Å². The van der Waals surface area contributed by atoms with Gasteiger partial charge in [0.25, 0.3) is 0 Å². The minimum atomic E-state index is 0.557. The average Bonchev–Trinajstić information content (AvgIpc) is 3.18. The SMILES string of the molecule is c1ccc(Oc2ccc3ccc(Nc4nccn5cncc45)cc3n2)cc1. The highest BCUT2D eigenvalue weighted by Crippen LogP contribution is 2.26. The Hall–Kier alpha value is -3.93. The maximum atomic E-state index is 5.84. The molecular weight excluding hydrogens is 338 g/mol. The number of imidazole rings is 1. The van der Waals surface area contributed by atoms with Gasteiger partial charge in [-0.25, -0.2) is 15.0 Å². The van der Waals surface area contributed by atoms with Crippen LogP contribution in [0.3, 0.4) is 0 Å². The molecule has 5 rings (SSSR count). The highest BCUT2D eigenvalue weighted by molar-refractivity contribution is 5.84. The first-order chi connectivity index (χ1) is 13.3. The average molecular weight is 353 g/mol. The second-order valence-electron chi connectivity index (χ2n) is 6.06. The fraction of sp³-hybridized carbons (Fsp3) is 0. The zero-order valence-corrected chi connectivity index (χ0v) is 14.3. The van der Waals surface area contributed by atoms with E-state index in [0.29, 0.717) is 5.88 Å². The van der Waals surface area contributed by atoms with E-state index in [2.05, 4.69) is 20.3 Å². The van der Waals surface area contributed by atoms with Crippen LogP contribution < -0.4 is 10.1 Å². The molecule has 0 fully saturated rings. The van der Waals surface area contributed by atoms with E-state index in [0.717, 1.165) is 33.7 Å². The van der Waals surface area contributed by atoms with Crippen LogP contribution in [0.5, 0.6) is 11.6 Å². The molecule has 0 spiro atoms. The quantitative estimate of drug-likeness (QED) is 0.502. The number of anilines is 2. The van der Waals surface area contributed by atoms with E-state index in [1.165, 1.54) is 0 Å². The Labute approximate surface area is 155 Å². The van der Waals surface area contributed by atoms with Crippen LogP contribution in [0.15, 0.2) is 85.6 Å². The molecule has 1 N–H and O–H groups in total. The van der Waals surface area contributed by atoms with Gasteiger partial charge in [-0.15, -0.1) is 0 Å². The zero-order chi connectivity index (χ0) is 18.1. The molecule has 0 unspecified atom stereocenters. The molecule has 0 saturated carbocycles. The second-order valence-corrected chi connectivity index (χ2v) is 6.06. The Bertz CT molecular complexity index is 1230. The van der Waals surface area contributed by atoms with Crippen LogP contribution in [0.2, 0.25) is 0 Å². The molecule has 0 aliphatic heterocycles. The van der Waals surface area contributed by atoms with Crippen LogP contribution in [0, 0.1) is 0 Å². The van der Waals surface area contributed by atoms with Gasteiger partial charge in [-0.2, -0.15) is 0 Å². The van der Waals surface area contributed by atoms with E-state index in [1.807, 2.05) is 71.3 Å². The first-order valence-corrected chi connectivity index (χ1v) is 8.53. The Balaban J connectivity index is 1.48. The smallest absolute Gasteiger partial charge is 0.219 e. The van der Waals surface area contributed by atoms with Gasteiger partial charge in [0.2, 0.25) is 5.88 Å². The molecule has 0 saturated heterocycles. The van der Waals surface area contributed by atoms with Crippen molar-refractivity contribution in [3.8, 4) is 11.6 Å². The lowest BCUT2D eigenvalue weighted by Gasteiger charge is -2.09. The van der Waals surface area contributed by atoms with Gasteiger partial charge in [0.15, 0.2) is 5.82 Å². The maximum Gasteiger partial charge on any atom is 0.219 e. The third kappa shape index (κ3) is 3.04. The van der Waals surface area contributed by atoms with E-state index in [9.17, 15) is 0 Å². The molecule has 0 amide bonds. The molecule has 6 heteroatoms. The van der Waals surface area contributed by atoms with Gasteiger partial charge in [0, 0.05) is 29.5 Å². The summed E-state index contributed by atoms with van der Waals surface area (Å²) in [5.74, 6) is 2.06. The summed E-state index contributed by atoms with van der Waals surface area (Å²) in [7, 11) is 0. The number of nitrogens with one attached hydrogen (secondary N) is 1. The summed E-state index contributed by atoms with van der Waals surface area (Å²) in [6.45, 7) is 0. The number of para-hydroxylation sites is 1. The molecule has 130 valence electrons. The van der Waals surface area contributed by atoms with E-state index < -0.39 is 0 Å². The topological polar surface area (TPSA) is 64.3 Å². The van der Waals surface area contributed by atoms with Gasteiger partial charge in [0.1, 0.15) is 11.3 Å². The number of hydrogen-bond acceptors (Lipinski definition) is 5. The van der Waals surface area contributed by atoms with Crippen LogP contribution in [-0.4, -0.2) is 19.4 Å². The van der Waals surface area contributed by atoms with Gasteiger partial charge < -0.3 is 14.5 Å². The standard InChI is InChI=1S/C21H15N5O/c1-2-4-17(5-3-1)27-20-9-7-15-6-8-16(12-18(15)25-20)24-21-19-13-22-14-26(19)11-10-23-21/h1-14H,(H,23,24). The van der Waals surface area contributed by atoms with E-state index in [4.69, 9.17) is 4.74 Å². The first-order valence-electron chi connectivity index (χ1n) is 8.53. The lowest BCUT2D eigenvalue weighted by molar-refractivity contribution is 0.465. The van der Waals surface area contributed by atoms with Gasteiger partial charge in [-0.3, -0.25) is 0 Å². The van der Waals surface area contributed by atoms with Crippen LogP contribution in [-0.2, 0) is 0 Å². The van der Waals surface area contributed by atoms with Crippen LogP contribution in [0.25, 0.3) is 16.4 Å². The Kier molecular flexibility index (Phi) is 3.65. The molecule has 0 aliphatic rings. The minimum Gasteiger partial charge on any atom is -0.439 e. The summed E-state index contributed by atoms with van der Waals surface area (Å²) < 4.78 is 7.75. The van der Waals surface area contributed by atoms with Crippen molar-refractivity contribution in [1.29, 1.82) is 0 Å². The molecule has 27 heavy (non-hydrogen) atoms. The predicted molar refractivity (Wildman–Crippen MR) is 105 cm³/mol. The summed E-state index contributed by atoms with van der Waals surface area (Å²) in [6, 6.07) is 19.5. The molecule has 6 nitrogen and oxygen atoms in total. The summed E-state index contributed by atoms with van der Waals surface area (Å²) in [4.78, 5) is 13.2. The molecule has 3 heterocycles. The van der Waals surface area contributed by atoms with Gasteiger partial charge in [-0.05, 0) is 30.3 Å². The van der Waals surface area contributed by atoms with Crippen LogP contribution in [0.1, 0.15) is 0 Å². The van der Waals surface area contributed by atoms with Crippen molar-refractivity contribution < 1.29 is 4.74 Å². The van der Waals surface area contributed by atoms with Crippen molar-refractivity contribution in [2.24, 2.45) is 0 Å². The summed E-state index contributed by atoms with van der Waals surface area (Å²) in [5.41, 5.74) is 2.65. The van der Waals surface area contributed by atoms with Gasteiger partial charge >= 0.3 is 0 Å². The Morgan fingerprint density at radius 3 is 2.78 bits per heavy atom. The van der Waals surface area contributed by atoms with E-state index >= 15 is 0 Å². The molecule has 0 radical (unpaired) electrons. The van der Waals surface area contributed by atoms with Crippen molar-refractivity contribution in [1.82, 2.24) is 19.4 Å². The third-order valence-electron chi connectivity index (χ3n) is 4.23. The number of ether oxygens (including phenoxy) is 1. The zero-order valence-electron chi connectivity index (χ0n) is 14.3. The van der Waals surface area contributed by atoms with Crippen molar-refractivity contribution in [2.75, 3.05) is 5.32 Å². The molecule has 5 aromatic rings. The number of rotatable bonds is 4. The van der Waals surface area contributed by atoms with E-state index in [1.54, 1.807) is 18.7 Å². The molecule has 0 bridgehead atoms. The molecule has 0 atom stereocenters. The second kappa shape index (κ2) is 6.42. The minimum absolute atomic E-state index is 0.557. The summed E-state index contributed by atoms with van der Waals surface area (Å²) >= 11 is 0. The number of aromatic nitrogens is 4. The van der Waals surface area contributed by atoms with Gasteiger partial charge in [0.05, 0.1) is 18.0 Å². The summed E-state index contributed by atoms with van der Waals surface area (Å²) in [6.07, 6.45) is 7.13. The normalized spacial score (nSPS) is 11.0. The Morgan fingerprint density at radius 2 is 1.85 bits per heavy atom. The highest BCUT2D eigenvalue weighted by atomic mass is 16.5.